The van der Waals surface area contributed by atoms with E-state index >= 15 is 0 Å². The SMILES string of the molecule is O=C(NCCCN1CCOCC1)C(=O)Nc1ccc(F)c([N+](=O)[O-])c1. The van der Waals surface area contributed by atoms with Gasteiger partial charge in [0, 0.05) is 31.4 Å². The number of ether oxygens (including phenoxy) is 1. The first-order valence-corrected chi connectivity index (χ1v) is 7.80. The van der Waals surface area contributed by atoms with Gasteiger partial charge in [-0.2, -0.15) is 4.39 Å². The first kappa shape index (κ1) is 18.7. The van der Waals surface area contributed by atoms with E-state index < -0.39 is 28.2 Å². The summed E-state index contributed by atoms with van der Waals surface area (Å²) in [5.74, 6) is -2.84. The predicted octanol–water partition coefficient (Wildman–Crippen LogP) is 0.511. The van der Waals surface area contributed by atoms with E-state index in [1.165, 1.54) is 0 Å². The summed E-state index contributed by atoms with van der Waals surface area (Å²) in [6.45, 7) is 4.19. The lowest BCUT2D eigenvalue weighted by atomic mass is 10.2. The van der Waals surface area contributed by atoms with Crippen LogP contribution in [0.1, 0.15) is 6.42 Å². The molecule has 10 heteroatoms. The summed E-state index contributed by atoms with van der Waals surface area (Å²) in [5.41, 5.74) is -0.801. The molecule has 2 amide bonds. The number of nitrogens with one attached hydrogen (secondary N) is 2. The van der Waals surface area contributed by atoms with E-state index in [-0.39, 0.29) is 5.69 Å². The second-order valence-electron chi connectivity index (χ2n) is 5.44. The number of nitro groups is 1. The topological polar surface area (TPSA) is 114 Å². The zero-order valence-corrected chi connectivity index (χ0v) is 13.5. The van der Waals surface area contributed by atoms with Crippen LogP contribution in [-0.4, -0.2) is 61.0 Å². The van der Waals surface area contributed by atoms with Crippen LogP contribution in [-0.2, 0) is 14.3 Å². The number of anilines is 1. The molecule has 25 heavy (non-hydrogen) atoms. The first-order chi connectivity index (χ1) is 12.0. The van der Waals surface area contributed by atoms with Gasteiger partial charge in [-0.3, -0.25) is 24.6 Å². The summed E-state index contributed by atoms with van der Waals surface area (Å²) in [4.78, 5) is 35.4. The Morgan fingerprint density at radius 2 is 2.00 bits per heavy atom. The molecule has 0 spiro atoms. The maximum atomic E-state index is 13.2. The highest BCUT2D eigenvalue weighted by atomic mass is 19.1. The van der Waals surface area contributed by atoms with Crippen molar-refractivity contribution in [3.8, 4) is 0 Å². The highest BCUT2D eigenvalue weighted by Gasteiger charge is 2.18. The molecular weight excluding hydrogens is 335 g/mol. The summed E-state index contributed by atoms with van der Waals surface area (Å²) in [6.07, 6.45) is 0.682. The van der Waals surface area contributed by atoms with E-state index in [4.69, 9.17) is 4.74 Å². The molecule has 2 rings (SSSR count). The Bertz CT molecular complexity index is 649. The third-order valence-electron chi connectivity index (χ3n) is 3.65. The van der Waals surface area contributed by atoms with Gasteiger partial charge in [0.1, 0.15) is 0 Å². The lowest BCUT2D eigenvalue weighted by Crippen LogP contribution is -2.39. The molecule has 1 aliphatic heterocycles. The number of rotatable bonds is 6. The summed E-state index contributed by atoms with van der Waals surface area (Å²) < 4.78 is 18.5. The second-order valence-corrected chi connectivity index (χ2v) is 5.44. The highest BCUT2D eigenvalue weighted by molar-refractivity contribution is 6.39. The van der Waals surface area contributed by atoms with Crippen LogP contribution < -0.4 is 10.6 Å². The average molecular weight is 354 g/mol. The number of hydrogen-bond acceptors (Lipinski definition) is 6. The fourth-order valence-electron chi connectivity index (χ4n) is 2.33. The van der Waals surface area contributed by atoms with Gasteiger partial charge in [0.25, 0.3) is 0 Å². The lowest BCUT2D eigenvalue weighted by Gasteiger charge is -2.26. The standard InChI is InChI=1S/C15H19FN4O5/c16-12-3-2-11(10-13(12)20(23)24)18-15(22)14(21)17-4-1-5-19-6-8-25-9-7-19/h2-3,10H,1,4-9H2,(H,17,21)(H,18,22). The van der Waals surface area contributed by atoms with Crippen LogP contribution in [0.2, 0.25) is 0 Å². The maximum absolute atomic E-state index is 13.2. The average Bonchev–Trinajstić information content (AvgIpc) is 2.60. The number of nitro benzene ring substituents is 1. The molecule has 2 N–H and O–H groups in total. The molecule has 0 bridgehead atoms. The van der Waals surface area contributed by atoms with E-state index in [1.54, 1.807) is 0 Å². The van der Waals surface area contributed by atoms with Crippen LogP contribution in [0.4, 0.5) is 15.8 Å². The van der Waals surface area contributed by atoms with Crippen molar-refractivity contribution in [2.75, 3.05) is 44.7 Å². The van der Waals surface area contributed by atoms with Gasteiger partial charge < -0.3 is 15.4 Å². The van der Waals surface area contributed by atoms with Crippen molar-refractivity contribution < 1.29 is 23.6 Å². The van der Waals surface area contributed by atoms with Gasteiger partial charge in [-0.05, 0) is 25.1 Å². The minimum absolute atomic E-state index is 0.0263. The Morgan fingerprint density at radius 1 is 1.28 bits per heavy atom. The lowest BCUT2D eigenvalue weighted by molar-refractivity contribution is -0.387. The largest absolute Gasteiger partial charge is 0.379 e. The van der Waals surface area contributed by atoms with Crippen LogP contribution >= 0.6 is 0 Å². The molecule has 0 aromatic heterocycles. The van der Waals surface area contributed by atoms with Crippen LogP contribution in [0.25, 0.3) is 0 Å². The summed E-state index contributed by atoms with van der Waals surface area (Å²) >= 11 is 0. The molecule has 1 heterocycles. The van der Waals surface area contributed by atoms with E-state index in [9.17, 15) is 24.1 Å². The number of halogens is 1. The fourth-order valence-corrected chi connectivity index (χ4v) is 2.33. The van der Waals surface area contributed by atoms with Gasteiger partial charge in [-0.25, -0.2) is 0 Å². The summed E-state index contributed by atoms with van der Waals surface area (Å²) in [5, 5.41) is 15.3. The van der Waals surface area contributed by atoms with Gasteiger partial charge in [0.15, 0.2) is 0 Å². The molecule has 1 aromatic carbocycles. The van der Waals surface area contributed by atoms with Crippen molar-refractivity contribution in [1.29, 1.82) is 0 Å². The third-order valence-corrected chi connectivity index (χ3v) is 3.65. The zero-order chi connectivity index (χ0) is 18.2. The van der Waals surface area contributed by atoms with Crippen molar-refractivity contribution in [3.05, 3.63) is 34.1 Å². The van der Waals surface area contributed by atoms with E-state index in [2.05, 4.69) is 15.5 Å². The number of carbonyl (C=O) groups excluding carboxylic acids is 2. The van der Waals surface area contributed by atoms with E-state index in [0.29, 0.717) is 26.2 Å². The van der Waals surface area contributed by atoms with Crippen molar-refractivity contribution in [1.82, 2.24) is 10.2 Å². The molecule has 1 saturated heterocycles. The Labute approximate surface area is 143 Å². The summed E-state index contributed by atoms with van der Waals surface area (Å²) in [6, 6.07) is 2.86. The summed E-state index contributed by atoms with van der Waals surface area (Å²) in [7, 11) is 0. The number of nitrogens with zero attached hydrogens (tertiary/aromatic N) is 2. The number of carbonyl (C=O) groups is 2. The minimum atomic E-state index is -1.02. The van der Waals surface area contributed by atoms with Crippen molar-refractivity contribution in [2.24, 2.45) is 0 Å². The maximum Gasteiger partial charge on any atom is 0.313 e. The minimum Gasteiger partial charge on any atom is -0.379 e. The van der Waals surface area contributed by atoms with Crippen LogP contribution in [0, 0.1) is 15.9 Å². The number of amides is 2. The Morgan fingerprint density at radius 3 is 2.68 bits per heavy atom. The normalized spacial score (nSPS) is 14.8. The monoisotopic (exact) mass is 354 g/mol. The Balaban J connectivity index is 1.75. The quantitative estimate of drug-likeness (QED) is 0.333. The predicted molar refractivity (Wildman–Crippen MR) is 86.6 cm³/mol. The third kappa shape index (κ3) is 5.76. The van der Waals surface area contributed by atoms with Crippen LogP contribution in [0.3, 0.4) is 0 Å². The molecule has 0 atom stereocenters. The molecule has 136 valence electrons. The second kappa shape index (κ2) is 9.04. The molecule has 1 fully saturated rings. The van der Waals surface area contributed by atoms with E-state index in [1.807, 2.05) is 0 Å². The molecule has 9 nitrogen and oxygen atoms in total. The molecule has 0 saturated carbocycles. The van der Waals surface area contributed by atoms with Crippen molar-refractivity contribution in [3.63, 3.8) is 0 Å². The smallest absolute Gasteiger partial charge is 0.313 e. The first-order valence-electron chi connectivity index (χ1n) is 7.80. The van der Waals surface area contributed by atoms with Gasteiger partial charge >= 0.3 is 17.5 Å². The Kier molecular flexibility index (Phi) is 6.78. The van der Waals surface area contributed by atoms with Gasteiger partial charge in [-0.15, -0.1) is 0 Å². The van der Waals surface area contributed by atoms with Crippen molar-refractivity contribution in [2.45, 2.75) is 6.42 Å². The molecule has 0 radical (unpaired) electrons. The molecular formula is C15H19FN4O5. The Hall–Kier alpha value is -2.59. The highest BCUT2D eigenvalue weighted by Crippen LogP contribution is 2.21. The van der Waals surface area contributed by atoms with Crippen molar-refractivity contribution >= 4 is 23.2 Å². The molecule has 1 aromatic rings. The van der Waals surface area contributed by atoms with Gasteiger partial charge in [-0.1, -0.05) is 0 Å². The molecule has 0 aliphatic carbocycles. The molecule has 1 aliphatic rings. The van der Waals surface area contributed by atoms with Crippen LogP contribution in [0.15, 0.2) is 18.2 Å². The van der Waals surface area contributed by atoms with Gasteiger partial charge in [0.2, 0.25) is 5.82 Å². The van der Waals surface area contributed by atoms with E-state index in [0.717, 1.165) is 37.8 Å². The van der Waals surface area contributed by atoms with Gasteiger partial charge in [0.05, 0.1) is 18.1 Å². The fraction of sp³-hybridized carbons (Fsp3) is 0.467. The number of benzene rings is 1. The number of hydrogen-bond donors (Lipinski definition) is 2. The zero-order valence-electron chi connectivity index (χ0n) is 13.5. The molecule has 0 unspecified atom stereocenters. The van der Waals surface area contributed by atoms with Crippen LogP contribution in [0.5, 0.6) is 0 Å². The number of morpholine rings is 1.